The number of nitrogens with zero attached hydrogens (tertiary/aromatic N) is 1. The molecule has 3 nitrogen and oxygen atoms in total. The number of ether oxygens (including phenoxy) is 1. The van der Waals surface area contributed by atoms with Gasteiger partial charge >= 0.3 is 0 Å². The predicted octanol–water partition coefficient (Wildman–Crippen LogP) is 2.72. The van der Waals surface area contributed by atoms with Crippen molar-refractivity contribution in [2.45, 2.75) is 18.9 Å². The number of terminal acetylenes is 1. The molecule has 0 aromatic heterocycles. The van der Waals surface area contributed by atoms with Gasteiger partial charge < -0.3 is 9.64 Å². The van der Waals surface area contributed by atoms with Gasteiger partial charge in [0, 0.05) is 30.9 Å². The molecule has 2 aliphatic rings. The standard InChI is InChI=1S/C18H19NO2/c1-4-7-14-11-10-13(2)18(21-12-14)15-8-5-6-9-16(15)19(3)17(18)20/h1,5-6,8-11,13-14H,7,12H2,2-3H3/t13-,14-,18-/m1/s1. The van der Waals surface area contributed by atoms with Crippen LogP contribution in [0, 0.1) is 24.2 Å². The highest BCUT2D eigenvalue weighted by atomic mass is 16.5. The molecule has 2 aliphatic heterocycles. The van der Waals surface area contributed by atoms with Crippen molar-refractivity contribution in [2.24, 2.45) is 11.8 Å². The number of anilines is 1. The molecule has 2 heterocycles. The fourth-order valence-electron chi connectivity index (χ4n) is 3.30. The molecule has 1 aromatic rings. The first-order chi connectivity index (χ1) is 10.1. The molecular formula is C18H19NO2. The van der Waals surface area contributed by atoms with Gasteiger partial charge in [-0.05, 0) is 6.07 Å². The second-order valence-electron chi connectivity index (χ2n) is 5.77. The summed E-state index contributed by atoms with van der Waals surface area (Å²) in [4.78, 5) is 14.6. The van der Waals surface area contributed by atoms with E-state index in [2.05, 4.69) is 18.1 Å². The van der Waals surface area contributed by atoms with E-state index in [1.165, 1.54) is 0 Å². The fraction of sp³-hybridized carbons (Fsp3) is 0.389. The van der Waals surface area contributed by atoms with Crippen LogP contribution < -0.4 is 4.90 Å². The average Bonchev–Trinajstić information content (AvgIpc) is 2.62. The van der Waals surface area contributed by atoms with Gasteiger partial charge in [-0.15, -0.1) is 12.3 Å². The third kappa shape index (κ3) is 1.91. The van der Waals surface area contributed by atoms with Crippen molar-refractivity contribution in [2.75, 3.05) is 18.6 Å². The van der Waals surface area contributed by atoms with Crippen LogP contribution in [0.5, 0.6) is 0 Å². The SMILES string of the molecule is C#CC[C@@H]1C=C[C@@H](C)[C@]2(OC1)C(=O)N(C)c1ccccc12. The summed E-state index contributed by atoms with van der Waals surface area (Å²) in [5.41, 5.74) is 0.972. The number of hydrogen-bond acceptors (Lipinski definition) is 2. The van der Waals surface area contributed by atoms with Crippen molar-refractivity contribution in [3.8, 4) is 12.3 Å². The predicted molar refractivity (Wildman–Crippen MR) is 82.7 cm³/mol. The Morgan fingerprint density at radius 3 is 2.95 bits per heavy atom. The molecule has 3 atom stereocenters. The molecule has 0 saturated heterocycles. The third-order valence-electron chi connectivity index (χ3n) is 4.51. The molecular weight excluding hydrogens is 262 g/mol. The summed E-state index contributed by atoms with van der Waals surface area (Å²) in [6.45, 7) is 2.50. The molecule has 0 N–H and O–H groups in total. The van der Waals surface area contributed by atoms with Crippen molar-refractivity contribution in [3.05, 3.63) is 42.0 Å². The van der Waals surface area contributed by atoms with Gasteiger partial charge in [0.25, 0.3) is 5.91 Å². The van der Waals surface area contributed by atoms with E-state index in [1.54, 1.807) is 11.9 Å². The lowest BCUT2D eigenvalue weighted by Gasteiger charge is -2.32. The van der Waals surface area contributed by atoms with Gasteiger partial charge in [0.1, 0.15) is 0 Å². The summed E-state index contributed by atoms with van der Waals surface area (Å²) in [5.74, 6) is 2.81. The van der Waals surface area contributed by atoms with Crippen LogP contribution in [0.1, 0.15) is 18.9 Å². The number of carbonyl (C=O) groups is 1. The Morgan fingerprint density at radius 1 is 1.43 bits per heavy atom. The van der Waals surface area contributed by atoms with Gasteiger partial charge in [-0.25, -0.2) is 0 Å². The minimum absolute atomic E-state index is 0.00204. The lowest BCUT2D eigenvalue weighted by molar-refractivity contribution is -0.149. The van der Waals surface area contributed by atoms with E-state index in [-0.39, 0.29) is 17.7 Å². The number of rotatable bonds is 1. The lowest BCUT2D eigenvalue weighted by atomic mass is 9.83. The lowest BCUT2D eigenvalue weighted by Crippen LogP contribution is -2.45. The first-order valence-corrected chi connectivity index (χ1v) is 7.24. The Labute approximate surface area is 125 Å². The Bertz CT molecular complexity index is 643. The number of para-hydroxylation sites is 1. The van der Waals surface area contributed by atoms with Crippen LogP contribution in [0.15, 0.2) is 36.4 Å². The van der Waals surface area contributed by atoms with E-state index < -0.39 is 5.60 Å². The first-order valence-electron chi connectivity index (χ1n) is 7.24. The highest BCUT2D eigenvalue weighted by Gasteiger charge is 2.54. The summed E-state index contributed by atoms with van der Waals surface area (Å²) < 4.78 is 6.19. The molecule has 3 heteroatoms. The highest BCUT2D eigenvalue weighted by Crippen LogP contribution is 2.48. The van der Waals surface area contributed by atoms with Gasteiger partial charge in [-0.3, -0.25) is 4.79 Å². The molecule has 3 rings (SSSR count). The zero-order valence-electron chi connectivity index (χ0n) is 12.4. The summed E-state index contributed by atoms with van der Waals surface area (Å²) >= 11 is 0. The zero-order valence-corrected chi connectivity index (χ0v) is 12.4. The molecule has 0 bridgehead atoms. The van der Waals surface area contributed by atoms with E-state index in [1.807, 2.05) is 31.2 Å². The molecule has 1 spiro atoms. The van der Waals surface area contributed by atoms with Crippen molar-refractivity contribution in [1.82, 2.24) is 0 Å². The minimum Gasteiger partial charge on any atom is -0.359 e. The molecule has 0 aliphatic carbocycles. The van der Waals surface area contributed by atoms with Crippen LogP contribution >= 0.6 is 0 Å². The third-order valence-corrected chi connectivity index (χ3v) is 4.51. The fourth-order valence-corrected chi connectivity index (χ4v) is 3.30. The quantitative estimate of drug-likeness (QED) is 0.585. The smallest absolute Gasteiger partial charge is 0.264 e. The van der Waals surface area contributed by atoms with Crippen LogP contribution in [0.3, 0.4) is 0 Å². The van der Waals surface area contributed by atoms with Crippen molar-refractivity contribution < 1.29 is 9.53 Å². The summed E-state index contributed by atoms with van der Waals surface area (Å²) in [6, 6.07) is 7.85. The Hall–Kier alpha value is -2.05. The topological polar surface area (TPSA) is 29.5 Å². The number of carbonyl (C=O) groups excluding carboxylic acids is 1. The van der Waals surface area contributed by atoms with Gasteiger partial charge in [0.05, 0.1) is 12.3 Å². The largest absolute Gasteiger partial charge is 0.359 e. The second-order valence-corrected chi connectivity index (χ2v) is 5.77. The zero-order chi connectivity index (χ0) is 15.0. The van der Waals surface area contributed by atoms with Gasteiger partial charge in [0.2, 0.25) is 0 Å². The van der Waals surface area contributed by atoms with E-state index in [0.717, 1.165) is 11.3 Å². The first kappa shape index (κ1) is 13.9. The van der Waals surface area contributed by atoms with E-state index in [4.69, 9.17) is 11.2 Å². The maximum absolute atomic E-state index is 12.9. The van der Waals surface area contributed by atoms with E-state index in [9.17, 15) is 4.79 Å². The Morgan fingerprint density at radius 2 is 2.19 bits per heavy atom. The maximum atomic E-state index is 12.9. The molecule has 0 fully saturated rings. The molecule has 21 heavy (non-hydrogen) atoms. The number of likely N-dealkylation sites (N-methyl/N-ethyl adjacent to an activating group) is 1. The maximum Gasteiger partial charge on any atom is 0.264 e. The highest BCUT2D eigenvalue weighted by molar-refractivity contribution is 6.07. The van der Waals surface area contributed by atoms with Gasteiger partial charge in [-0.2, -0.15) is 0 Å². The molecule has 0 radical (unpaired) electrons. The van der Waals surface area contributed by atoms with Crippen molar-refractivity contribution in [1.29, 1.82) is 0 Å². The summed E-state index contributed by atoms with van der Waals surface area (Å²) in [7, 11) is 1.81. The van der Waals surface area contributed by atoms with Crippen LogP contribution in [0.2, 0.25) is 0 Å². The molecule has 0 unspecified atom stereocenters. The van der Waals surface area contributed by atoms with Crippen LogP contribution in [0.4, 0.5) is 5.69 Å². The normalized spacial score (nSPS) is 31.1. The molecule has 0 saturated carbocycles. The van der Waals surface area contributed by atoms with Gasteiger partial charge in [0.15, 0.2) is 5.60 Å². The van der Waals surface area contributed by atoms with Crippen molar-refractivity contribution in [3.63, 3.8) is 0 Å². The number of fused-ring (bicyclic) bond motifs is 2. The van der Waals surface area contributed by atoms with Crippen LogP contribution in [-0.4, -0.2) is 19.6 Å². The average molecular weight is 281 g/mol. The molecule has 1 aromatic carbocycles. The summed E-state index contributed by atoms with van der Waals surface area (Å²) in [5, 5.41) is 0. The second kappa shape index (κ2) is 5.05. The molecule has 1 amide bonds. The molecule has 108 valence electrons. The Balaban J connectivity index is 2.07. The van der Waals surface area contributed by atoms with E-state index >= 15 is 0 Å². The Kier molecular flexibility index (Phi) is 3.35. The van der Waals surface area contributed by atoms with E-state index in [0.29, 0.717) is 13.0 Å². The van der Waals surface area contributed by atoms with Crippen molar-refractivity contribution >= 4 is 11.6 Å². The number of hydrogen-bond donors (Lipinski definition) is 0. The number of amides is 1. The van der Waals surface area contributed by atoms with Gasteiger partial charge in [-0.1, -0.05) is 37.3 Å². The van der Waals surface area contributed by atoms with Crippen LogP contribution in [0.25, 0.3) is 0 Å². The van der Waals surface area contributed by atoms with Crippen LogP contribution in [-0.2, 0) is 15.1 Å². The monoisotopic (exact) mass is 281 g/mol. The minimum atomic E-state index is -0.912. The summed E-state index contributed by atoms with van der Waals surface area (Å²) in [6.07, 6.45) is 10.2. The number of benzene rings is 1.